The minimum atomic E-state index is -0.330. The van der Waals surface area contributed by atoms with Crippen LogP contribution in [0.25, 0.3) is 0 Å². The molecular weight excluding hydrogens is 448 g/mol. The van der Waals surface area contributed by atoms with Gasteiger partial charge in [-0.15, -0.1) is 0 Å². The number of esters is 1. The maximum absolute atomic E-state index is 12.1. The molecule has 5 heteroatoms. The number of ether oxygens (including phenoxy) is 2. The lowest BCUT2D eigenvalue weighted by Gasteiger charge is -2.43. The molecule has 1 aliphatic heterocycles. The summed E-state index contributed by atoms with van der Waals surface area (Å²) < 4.78 is 10.5. The number of anilines is 3. The largest absolute Gasteiger partial charge is 0.497 e. The van der Waals surface area contributed by atoms with Crippen LogP contribution in [0, 0.1) is 0 Å². The third-order valence-corrected chi connectivity index (χ3v) is 8.20. The number of hydrogen-bond acceptors (Lipinski definition) is 5. The number of benzene rings is 3. The molecule has 1 unspecified atom stereocenters. The summed E-state index contributed by atoms with van der Waals surface area (Å²) in [5.41, 5.74) is 9.21. The van der Waals surface area contributed by atoms with Crippen molar-refractivity contribution in [3.05, 3.63) is 82.4 Å². The Kier molecular flexibility index (Phi) is 5.77. The highest BCUT2D eigenvalue weighted by atomic mass is 16.5. The predicted octanol–water partition coefficient (Wildman–Crippen LogP) is 7.11. The molecule has 3 aromatic rings. The van der Waals surface area contributed by atoms with Crippen LogP contribution in [0.2, 0.25) is 0 Å². The van der Waals surface area contributed by atoms with E-state index in [1.807, 2.05) is 30.3 Å². The molecule has 3 aromatic carbocycles. The molecule has 5 rings (SSSR count). The monoisotopic (exact) mass is 484 g/mol. The van der Waals surface area contributed by atoms with Gasteiger partial charge in [0.1, 0.15) is 5.75 Å². The molecule has 0 fully saturated rings. The molecule has 0 saturated heterocycles. The summed E-state index contributed by atoms with van der Waals surface area (Å²) in [7, 11) is 5.24. The maximum atomic E-state index is 12.1. The zero-order chi connectivity index (χ0) is 25.8. The number of carbonyl (C=O) groups is 1. The number of methoxy groups -OCH3 is 2. The van der Waals surface area contributed by atoms with E-state index in [4.69, 9.17) is 9.47 Å². The molecule has 0 spiro atoms. The summed E-state index contributed by atoms with van der Waals surface area (Å²) in [5, 5.41) is 3.82. The fraction of sp³-hybridized carbons (Fsp3) is 0.387. The minimum absolute atomic E-state index is 0.0973. The predicted molar refractivity (Wildman–Crippen MR) is 146 cm³/mol. The summed E-state index contributed by atoms with van der Waals surface area (Å²) >= 11 is 0. The average Bonchev–Trinajstić information content (AvgIpc) is 2.99. The summed E-state index contributed by atoms with van der Waals surface area (Å²) in [5.74, 6) is 0.477. The molecular formula is C31H36N2O3. The van der Waals surface area contributed by atoms with Crippen LogP contribution < -0.4 is 15.0 Å². The molecule has 0 radical (unpaired) electrons. The Labute approximate surface area is 214 Å². The van der Waals surface area contributed by atoms with Crippen molar-refractivity contribution in [1.82, 2.24) is 0 Å². The molecule has 1 atom stereocenters. The maximum Gasteiger partial charge on any atom is 0.337 e. The lowest BCUT2D eigenvalue weighted by molar-refractivity contribution is 0.0600. The first-order chi connectivity index (χ1) is 17.1. The van der Waals surface area contributed by atoms with Crippen LogP contribution in [-0.2, 0) is 15.6 Å². The van der Waals surface area contributed by atoms with E-state index in [1.54, 1.807) is 7.11 Å². The number of nitrogens with zero attached hydrogens (tertiary/aromatic N) is 1. The van der Waals surface area contributed by atoms with E-state index >= 15 is 0 Å². The molecule has 1 heterocycles. The first-order valence-corrected chi connectivity index (χ1v) is 12.6. The van der Waals surface area contributed by atoms with Gasteiger partial charge in [0.2, 0.25) is 0 Å². The van der Waals surface area contributed by atoms with Gasteiger partial charge >= 0.3 is 5.97 Å². The van der Waals surface area contributed by atoms with Crippen LogP contribution in [-0.4, -0.2) is 27.2 Å². The Bertz CT molecular complexity index is 1320. The molecule has 36 heavy (non-hydrogen) atoms. The Balaban J connectivity index is 1.75. The quantitative estimate of drug-likeness (QED) is 0.401. The number of hydrogen-bond donors (Lipinski definition) is 1. The molecule has 1 N–H and O–H groups in total. The summed E-state index contributed by atoms with van der Waals surface area (Å²) in [4.78, 5) is 14.4. The van der Waals surface area contributed by atoms with Crippen LogP contribution >= 0.6 is 0 Å². The van der Waals surface area contributed by atoms with Gasteiger partial charge in [-0.05, 0) is 70.7 Å². The van der Waals surface area contributed by atoms with Gasteiger partial charge in [-0.1, -0.05) is 45.9 Å². The van der Waals surface area contributed by atoms with Gasteiger partial charge in [-0.3, -0.25) is 0 Å². The van der Waals surface area contributed by atoms with Gasteiger partial charge in [0.05, 0.1) is 37.2 Å². The Morgan fingerprint density at radius 2 is 1.53 bits per heavy atom. The van der Waals surface area contributed by atoms with Gasteiger partial charge in [0.15, 0.2) is 0 Å². The summed E-state index contributed by atoms with van der Waals surface area (Å²) in [6.07, 6.45) is 2.32. The number of carbonyl (C=O) groups excluding carboxylic acids is 1. The van der Waals surface area contributed by atoms with Crippen molar-refractivity contribution in [3.63, 3.8) is 0 Å². The second-order valence-corrected chi connectivity index (χ2v) is 11.4. The highest BCUT2D eigenvalue weighted by Gasteiger charge is 2.39. The normalized spacial score (nSPS) is 19.2. The first-order valence-electron chi connectivity index (χ1n) is 12.6. The zero-order valence-electron chi connectivity index (χ0n) is 22.4. The third-order valence-electron chi connectivity index (χ3n) is 8.20. The van der Waals surface area contributed by atoms with Crippen LogP contribution in [0.5, 0.6) is 5.75 Å². The van der Waals surface area contributed by atoms with E-state index in [0.717, 1.165) is 29.1 Å². The fourth-order valence-electron chi connectivity index (χ4n) is 5.75. The van der Waals surface area contributed by atoms with Gasteiger partial charge < -0.3 is 19.7 Å². The van der Waals surface area contributed by atoms with Gasteiger partial charge in [-0.2, -0.15) is 0 Å². The van der Waals surface area contributed by atoms with Crippen molar-refractivity contribution in [3.8, 4) is 5.75 Å². The Morgan fingerprint density at radius 3 is 2.14 bits per heavy atom. The molecule has 0 aromatic heterocycles. The summed E-state index contributed by atoms with van der Waals surface area (Å²) in [6, 6.07) is 18.6. The Morgan fingerprint density at radius 1 is 0.889 bits per heavy atom. The molecule has 2 aliphatic rings. The van der Waals surface area contributed by atoms with E-state index in [-0.39, 0.29) is 22.8 Å². The van der Waals surface area contributed by atoms with Crippen molar-refractivity contribution >= 4 is 23.0 Å². The SMILES string of the molecule is COC(=O)c1ccc(C2Nc3cc(OC)ccc3N(C)c3cc4c(cc32)C(C)(C)CCC4(C)C)cc1. The fourth-order valence-corrected chi connectivity index (χ4v) is 5.75. The van der Waals surface area contributed by atoms with E-state index in [0.29, 0.717) is 5.56 Å². The first kappa shape index (κ1) is 24.2. The lowest BCUT2D eigenvalue weighted by Crippen LogP contribution is -2.34. The van der Waals surface area contributed by atoms with Crippen LogP contribution in [0.15, 0.2) is 54.6 Å². The highest BCUT2D eigenvalue weighted by Crippen LogP contribution is 2.51. The second kappa shape index (κ2) is 8.58. The third kappa shape index (κ3) is 3.91. The Hall–Kier alpha value is -3.47. The minimum Gasteiger partial charge on any atom is -0.497 e. The van der Waals surface area contributed by atoms with E-state index in [1.165, 1.54) is 35.9 Å². The molecule has 0 bridgehead atoms. The standard InChI is InChI=1S/C31H36N2O3/c1-30(2)14-15-31(3,4)24-18-27-22(17-23(24)30)28(19-8-10-20(11-9-19)29(34)36-7)32-25-16-21(35-6)12-13-26(25)33(27)5/h8-13,16-18,28,32H,14-15H2,1-7H3. The zero-order valence-corrected chi connectivity index (χ0v) is 22.4. The molecule has 0 saturated carbocycles. The van der Waals surface area contributed by atoms with E-state index in [2.05, 4.69) is 69.2 Å². The van der Waals surface area contributed by atoms with Crippen molar-refractivity contribution in [2.45, 2.75) is 57.4 Å². The van der Waals surface area contributed by atoms with Crippen LogP contribution in [0.4, 0.5) is 17.1 Å². The van der Waals surface area contributed by atoms with Crippen LogP contribution in [0.3, 0.4) is 0 Å². The van der Waals surface area contributed by atoms with E-state index in [9.17, 15) is 4.79 Å². The molecule has 5 nitrogen and oxygen atoms in total. The van der Waals surface area contributed by atoms with Gasteiger partial charge in [0.25, 0.3) is 0 Å². The van der Waals surface area contributed by atoms with Gasteiger partial charge in [0, 0.05) is 24.4 Å². The van der Waals surface area contributed by atoms with Crippen molar-refractivity contribution in [2.75, 3.05) is 31.5 Å². The number of nitrogens with one attached hydrogen (secondary N) is 1. The topological polar surface area (TPSA) is 50.8 Å². The number of fused-ring (bicyclic) bond motifs is 3. The van der Waals surface area contributed by atoms with Gasteiger partial charge in [-0.25, -0.2) is 4.79 Å². The number of rotatable bonds is 3. The van der Waals surface area contributed by atoms with Crippen molar-refractivity contribution in [2.24, 2.45) is 0 Å². The molecule has 188 valence electrons. The molecule has 1 aliphatic carbocycles. The smallest absolute Gasteiger partial charge is 0.337 e. The average molecular weight is 485 g/mol. The summed E-state index contributed by atoms with van der Waals surface area (Å²) in [6.45, 7) is 9.46. The highest BCUT2D eigenvalue weighted by molar-refractivity contribution is 5.89. The van der Waals surface area contributed by atoms with Crippen molar-refractivity contribution < 1.29 is 14.3 Å². The molecule has 0 amide bonds. The van der Waals surface area contributed by atoms with E-state index < -0.39 is 0 Å². The van der Waals surface area contributed by atoms with Crippen molar-refractivity contribution in [1.29, 1.82) is 0 Å². The van der Waals surface area contributed by atoms with Crippen LogP contribution in [0.1, 0.15) is 79.2 Å². The lowest BCUT2D eigenvalue weighted by atomic mass is 9.62. The second-order valence-electron chi connectivity index (χ2n) is 11.4.